The predicted octanol–water partition coefficient (Wildman–Crippen LogP) is 2.50. The summed E-state index contributed by atoms with van der Waals surface area (Å²) in [6.07, 6.45) is 2.05. The number of hydrogen-bond acceptors (Lipinski definition) is 5. The highest BCUT2D eigenvalue weighted by Crippen LogP contribution is 2.17. The number of nitrogens with zero attached hydrogens (tertiary/aromatic N) is 3. The molecule has 0 radical (unpaired) electrons. The summed E-state index contributed by atoms with van der Waals surface area (Å²) >= 11 is 5.87. The minimum Gasteiger partial charge on any atom is -0.497 e. The number of halogens is 1. The average Bonchev–Trinajstić information content (AvgIpc) is 3.11. The second kappa shape index (κ2) is 7.76. The highest BCUT2D eigenvalue weighted by atomic mass is 35.5. The van der Waals surface area contributed by atoms with Crippen LogP contribution in [0.4, 0.5) is 0 Å². The molecule has 0 saturated heterocycles. The molecule has 1 amide bonds. The minimum atomic E-state index is -0.267. The third-order valence-corrected chi connectivity index (χ3v) is 3.73. The number of nitrogens with one attached hydrogen (secondary N) is 2. The van der Waals surface area contributed by atoms with Gasteiger partial charge in [-0.1, -0.05) is 11.6 Å². The lowest BCUT2D eigenvalue weighted by molar-refractivity contribution is 0.0948. The first kappa shape index (κ1) is 16.9. The van der Waals surface area contributed by atoms with E-state index in [1.54, 1.807) is 31.4 Å². The summed E-state index contributed by atoms with van der Waals surface area (Å²) in [5.74, 6) is 1.59. The third-order valence-electron chi connectivity index (χ3n) is 3.48. The summed E-state index contributed by atoms with van der Waals surface area (Å²) in [6.45, 7) is 0.410. The zero-order valence-corrected chi connectivity index (χ0v) is 14.2. The van der Waals surface area contributed by atoms with Crippen molar-refractivity contribution in [2.45, 2.75) is 6.42 Å². The van der Waals surface area contributed by atoms with E-state index in [1.165, 1.54) is 6.20 Å². The molecule has 0 atom stereocenters. The van der Waals surface area contributed by atoms with Gasteiger partial charge in [0.1, 0.15) is 17.3 Å². The summed E-state index contributed by atoms with van der Waals surface area (Å²) in [5.41, 5.74) is 1.18. The van der Waals surface area contributed by atoms with E-state index in [1.807, 2.05) is 12.1 Å². The Balaban J connectivity index is 1.55. The number of aromatic amines is 1. The molecular formula is C17H16ClN5O2. The molecule has 0 aliphatic rings. The highest BCUT2D eigenvalue weighted by Gasteiger charge is 2.09. The number of ether oxygens (including phenoxy) is 1. The summed E-state index contributed by atoms with van der Waals surface area (Å²) in [4.78, 5) is 20.5. The molecule has 25 heavy (non-hydrogen) atoms. The van der Waals surface area contributed by atoms with Crippen molar-refractivity contribution in [2.75, 3.05) is 13.7 Å². The molecule has 7 nitrogen and oxygen atoms in total. The van der Waals surface area contributed by atoms with Gasteiger partial charge in [-0.3, -0.25) is 14.9 Å². The van der Waals surface area contributed by atoms with Gasteiger partial charge in [0.2, 0.25) is 0 Å². The first-order valence-corrected chi connectivity index (χ1v) is 7.99. The van der Waals surface area contributed by atoms with Crippen LogP contribution in [-0.2, 0) is 6.42 Å². The Morgan fingerprint density at radius 3 is 2.84 bits per heavy atom. The fraction of sp³-hybridized carbons (Fsp3) is 0.176. The molecule has 2 heterocycles. The zero-order chi connectivity index (χ0) is 17.6. The molecule has 2 N–H and O–H groups in total. The molecule has 0 aliphatic carbocycles. The van der Waals surface area contributed by atoms with Gasteiger partial charge in [0.15, 0.2) is 5.82 Å². The van der Waals surface area contributed by atoms with Crippen molar-refractivity contribution in [3.63, 3.8) is 0 Å². The van der Waals surface area contributed by atoms with Crippen LogP contribution in [0.2, 0.25) is 5.02 Å². The van der Waals surface area contributed by atoms with E-state index in [4.69, 9.17) is 16.3 Å². The van der Waals surface area contributed by atoms with Crippen LogP contribution in [-0.4, -0.2) is 39.7 Å². The molecule has 0 spiro atoms. The van der Waals surface area contributed by atoms with Crippen molar-refractivity contribution in [2.24, 2.45) is 0 Å². The Bertz CT molecular complexity index is 863. The van der Waals surface area contributed by atoms with Gasteiger partial charge < -0.3 is 10.1 Å². The van der Waals surface area contributed by atoms with Gasteiger partial charge >= 0.3 is 0 Å². The number of carbonyl (C=O) groups excluding carboxylic acids is 1. The Labute approximate surface area is 149 Å². The van der Waals surface area contributed by atoms with E-state index in [0.717, 1.165) is 5.56 Å². The highest BCUT2D eigenvalue weighted by molar-refractivity contribution is 6.30. The lowest BCUT2D eigenvalue weighted by atomic mass is 10.2. The van der Waals surface area contributed by atoms with Crippen LogP contribution in [0.3, 0.4) is 0 Å². The smallest absolute Gasteiger partial charge is 0.270 e. The van der Waals surface area contributed by atoms with Crippen LogP contribution in [0.1, 0.15) is 16.3 Å². The molecule has 0 bridgehead atoms. The molecule has 8 heteroatoms. The van der Waals surface area contributed by atoms with Gasteiger partial charge in [-0.05, 0) is 30.3 Å². The Morgan fingerprint density at radius 1 is 1.28 bits per heavy atom. The molecule has 0 unspecified atom stereocenters. The lowest BCUT2D eigenvalue weighted by Gasteiger charge is -2.04. The Hall–Kier alpha value is -2.93. The maximum absolute atomic E-state index is 12.1. The zero-order valence-electron chi connectivity index (χ0n) is 13.5. The van der Waals surface area contributed by atoms with Gasteiger partial charge in [0.25, 0.3) is 5.91 Å². The standard InChI is InChI=1S/C17H16ClN5O2/c1-25-13-6-8-19-14(10-13)17(24)20-9-7-15-21-16(23-22-15)11-2-4-12(18)5-3-11/h2-6,8,10H,7,9H2,1H3,(H,20,24)(H,21,22,23). The summed E-state index contributed by atoms with van der Waals surface area (Å²) in [6, 6.07) is 10.5. The number of rotatable bonds is 6. The summed E-state index contributed by atoms with van der Waals surface area (Å²) < 4.78 is 5.08. The van der Waals surface area contributed by atoms with Crippen molar-refractivity contribution >= 4 is 17.5 Å². The first-order chi connectivity index (χ1) is 12.2. The minimum absolute atomic E-state index is 0.267. The van der Waals surface area contributed by atoms with Crippen molar-refractivity contribution < 1.29 is 9.53 Å². The van der Waals surface area contributed by atoms with Gasteiger partial charge in [0.05, 0.1) is 7.11 Å². The van der Waals surface area contributed by atoms with Gasteiger partial charge in [0, 0.05) is 35.8 Å². The summed E-state index contributed by atoms with van der Waals surface area (Å²) in [7, 11) is 1.54. The van der Waals surface area contributed by atoms with Crippen LogP contribution in [0.5, 0.6) is 5.75 Å². The quantitative estimate of drug-likeness (QED) is 0.707. The predicted molar refractivity (Wildman–Crippen MR) is 93.7 cm³/mol. The van der Waals surface area contributed by atoms with Crippen molar-refractivity contribution in [3.8, 4) is 17.1 Å². The van der Waals surface area contributed by atoms with Crippen LogP contribution in [0.25, 0.3) is 11.4 Å². The third kappa shape index (κ3) is 4.33. The van der Waals surface area contributed by atoms with Gasteiger partial charge in [-0.15, -0.1) is 0 Å². The number of carbonyl (C=O) groups is 1. The largest absolute Gasteiger partial charge is 0.497 e. The van der Waals surface area contributed by atoms with Gasteiger partial charge in [-0.25, -0.2) is 4.98 Å². The number of H-pyrrole nitrogens is 1. The van der Waals surface area contributed by atoms with E-state index in [2.05, 4.69) is 25.5 Å². The van der Waals surface area contributed by atoms with E-state index >= 15 is 0 Å². The van der Waals surface area contributed by atoms with Crippen LogP contribution < -0.4 is 10.1 Å². The normalized spacial score (nSPS) is 10.5. The molecule has 2 aromatic heterocycles. The molecule has 1 aromatic carbocycles. The molecule has 3 aromatic rings. The summed E-state index contributed by atoms with van der Waals surface area (Å²) in [5, 5.41) is 10.5. The number of pyridine rings is 1. The van der Waals surface area contributed by atoms with Gasteiger partial charge in [-0.2, -0.15) is 5.10 Å². The van der Waals surface area contributed by atoms with E-state index in [0.29, 0.717) is 41.1 Å². The Morgan fingerprint density at radius 2 is 2.08 bits per heavy atom. The second-order valence-electron chi connectivity index (χ2n) is 5.20. The van der Waals surface area contributed by atoms with Crippen LogP contribution in [0.15, 0.2) is 42.6 Å². The monoisotopic (exact) mass is 357 g/mol. The SMILES string of the molecule is COc1ccnc(C(=O)NCCc2nc(-c3ccc(Cl)cc3)n[nH]2)c1. The van der Waals surface area contributed by atoms with Crippen molar-refractivity contribution in [1.29, 1.82) is 0 Å². The maximum Gasteiger partial charge on any atom is 0.270 e. The number of hydrogen-bond donors (Lipinski definition) is 2. The number of amides is 1. The molecular weight excluding hydrogens is 342 g/mol. The molecule has 0 fully saturated rings. The molecule has 0 saturated carbocycles. The van der Waals surface area contributed by atoms with Crippen molar-refractivity contribution in [3.05, 3.63) is 59.1 Å². The molecule has 3 rings (SSSR count). The van der Waals surface area contributed by atoms with E-state index in [9.17, 15) is 4.79 Å². The van der Waals surface area contributed by atoms with E-state index in [-0.39, 0.29) is 5.91 Å². The topological polar surface area (TPSA) is 92.8 Å². The average molecular weight is 358 g/mol. The number of aromatic nitrogens is 4. The molecule has 128 valence electrons. The van der Waals surface area contributed by atoms with Crippen molar-refractivity contribution in [1.82, 2.24) is 25.5 Å². The number of benzene rings is 1. The van der Waals surface area contributed by atoms with E-state index < -0.39 is 0 Å². The van der Waals surface area contributed by atoms with Crippen LogP contribution in [0, 0.1) is 0 Å². The fourth-order valence-electron chi connectivity index (χ4n) is 2.18. The number of methoxy groups -OCH3 is 1. The fourth-order valence-corrected chi connectivity index (χ4v) is 2.31. The first-order valence-electron chi connectivity index (χ1n) is 7.61. The molecule has 0 aliphatic heterocycles. The lowest BCUT2D eigenvalue weighted by Crippen LogP contribution is -2.26. The maximum atomic E-state index is 12.1. The second-order valence-corrected chi connectivity index (χ2v) is 5.64. The Kier molecular flexibility index (Phi) is 5.25. The van der Waals surface area contributed by atoms with Crippen LogP contribution >= 0.6 is 11.6 Å².